The van der Waals surface area contributed by atoms with Crippen molar-refractivity contribution in [3.63, 3.8) is 0 Å². The van der Waals surface area contributed by atoms with Crippen LogP contribution in [0.2, 0.25) is 5.02 Å². The van der Waals surface area contributed by atoms with Crippen molar-refractivity contribution in [3.8, 4) is 10.4 Å². The van der Waals surface area contributed by atoms with Gasteiger partial charge in [-0.05, 0) is 54.2 Å². The third-order valence-electron chi connectivity index (χ3n) is 5.30. The molecule has 1 aliphatic heterocycles. The second kappa shape index (κ2) is 7.57. The molecular weight excluding hydrogens is 406 g/mol. The molecule has 1 atom stereocenters. The van der Waals surface area contributed by atoms with Gasteiger partial charge in [0, 0.05) is 24.0 Å². The third kappa shape index (κ3) is 3.52. The number of likely N-dealkylation sites (tertiary alicyclic amines) is 1. The van der Waals surface area contributed by atoms with E-state index in [1.807, 2.05) is 53.4 Å². The lowest BCUT2D eigenvalue weighted by Crippen LogP contribution is -2.39. The van der Waals surface area contributed by atoms with Crippen LogP contribution in [-0.4, -0.2) is 43.5 Å². The number of amides is 1. The minimum absolute atomic E-state index is 0.0792. The molecule has 0 saturated carbocycles. The number of piperidine rings is 1. The lowest BCUT2D eigenvalue weighted by atomic mass is 9.97. The zero-order valence-corrected chi connectivity index (χ0v) is 17.1. The van der Waals surface area contributed by atoms with Crippen LogP contribution < -0.4 is 0 Å². The molecule has 1 unspecified atom stereocenters. The number of hydrogen-bond acceptors (Lipinski definition) is 5. The predicted molar refractivity (Wildman–Crippen MR) is 114 cm³/mol. The summed E-state index contributed by atoms with van der Waals surface area (Å²) in [6.45, 7) is 1.34. The number of carbonyl (C=O) groups excluding carboxylic acids is 1. The van der Waals surface area contributed by atoms with E-state index >= 15 is 0 Å². The maximum absolute atomic E-state index is 13.2. The Balaban J connectivity index is 1.39. The summed E-state index contributed by atoms with van der Waals surface area (Å²) in [6, 6.07) is 15.4. The lowest BCUT2D eigenvalue weighted by molar-refractivity contribution is 0.0699. The minimum atomic E-state index is -0.0792. The van der Waals surface area contributed by atoms with E-state index in [1.54, 1.807) is 0 Å². The van der Waals surface area contributed by atoms with Crippen LogP contribution in [0.5, 0.6) is 0 Å². The largest absolute Gasteiger partial charge is 0.342 e. The highest BCUT2D eigenvalue weighted by Crippen LogP contribution is 2.31. The van der Waals surface area contributed by atoms with Gasteiger partial charge < -0.3 is 9.88 Å². The van der Waals surface area contributed by atoms with Crippen molar-refractivity contribution in [1.82, 2.24) is 24.5 Å². The topological polar surface area (TPSA) is 74.8 Å². The maximum Gasteiger partial charge on any atom is 0.275 e. The van der Waals surface area contributed by atoms with Crippen LogP contribution in [-0.2, 0) is 0 Å². The molecule has 8 heteroatoms. The number of imidazole rings is 1. The summed E-state index contributed by atoms with van der Waals surface area (Å²) in [7, 11) is 0. The summed E-state index contributed by atoms with van der Waals surface area (Å²) in [5.41, 5.74) is 3.29. The average Bonchev–Trinajstić information content (AvgIpc) is 3.41. The Kier molecular flexibility index (Phi) is 4.77. The summed E-state index contributed by atoms with van der Waals surface area (Å²) in [4.78, 5) is 24.0. The second-order valence-electron chi connectivity index (χ2n) is 7.19. The number of nitrogens with zero attached hydrogens (tertiary/aromatic N) is 4. The Morgan fingerprint density at radius 2 is 2.00 bits per heavy atom. The van der Waals surface area contributed by atoms with Crippen LogP contribution >= 0.6 is 23.1 Å². The van der Waals surface area contributed by atoms with Gasteiger partial charge in [-0.15, -0.1) is 5.10 Å². The van der Waals surface area contributed by atoms with Crippen molar-refractivity contribution in [1.29, 1.82) is 0 Å². The SMILES string of the molecule is O=C(c1nnsc1-c1ccc(Cl)cc1)N1CCCC(c2nc3ccccc3[nH]2)C1. The Hall–Kier alpha value is -2.77. The first-order chi connectivity index (χ1) is 14.2. The van der Waals surface area contributed by atoms with E-state index in [4.69, 9.17) is 16.6 Å². The summed E-state index contributed by atoms with van der Waals surface area (Å²) in [6.07, 6.45) is 1.93. The highest BCUT2D eigenvalue weighted by molar-refractivity contribution is 7.09. The van der Waals surface area contributed by atoms with E-state index in [9.17, 15) is 4.79 Å². The number of rotatable bonds is 3. The van der Waals surface area contributed by atoms with Gasteiger partial charge in [0.2, 0.25) is 0 Å². The lowest BCUT2D eigenvalue weighted by Gasteiger charge is -2.31. The Bertz CT molecular complexity index is 1140. The summed E-state index contributed by atoms with van der Waals surface area (Å²) < 4.78 is 4.04. The number of H-pyrrole nitrogens is 1. The van der Waals surface area contributed by atoms with Crippen molar-refractivity contribution in [2.45, 2.75) is 18.8 Å². The van der Waals surface area contributed by atoms with Crippen molar-refractivity contribution < 1.29 is 4.79 Å². The molecule has 146 valence electrons. The standard InChI is InChI=1S/C21H18ClN5OS/c22-15-9-7-13(8-10-15)19-18(25-26-29-19)21(28)27-11-3-4-14(12-27)20-23-16-5-1-2-6-17(16)24-20/h1-2,5-10,14H,3-4,11-12H2,(H,23,24). The molecule has 2 aromatic heterocycles. The first kappa shape index (κ1) is 18.3. The van der Waals surface area contributed by atoms with Crippen molar-refractivity contribution in [2.24, 2.45) is 0 Å². The van der Waals surface area contributed by atoms with Gasteiger partial charge in [-0.1, -0.05) is 40.4 Å². The third-order valence-corrected chi connectivity index (χ3v) is 6.33. The fourth-order valence-electron chi connectivity index (χ4n) is 3.82. The van der Waals surface area contributed by atoms with E-state index in [2.05, 4.69) is 14.6 Å². The molecule has 0 radical (unpaired) electrons. The van der Waals surface area contributed by atoms with Crippen LogP contribution in [0, 0.1) is 0 Å². The van der Waals surface area contributed by atoms with E-state index in [-0.39, 0.29) is 11.8 Å². The van der Waals surface area contributed by atoms with Gasteiger partial charge >= 0.3 is 0 Å². The number of aromatic amines is 1. The van der Waals surface area contributed by atoms with E-state index in [0.29, 0.717) is 23.8 Å². The first-order valence-corrected chi connectivity index (χ1v) is 10.7. The highest BCUT2D eigenvalue weighted by atomic mass is 35.5. The second-order valence-corrected chi connectivity index (χ2v) is 8.38. The number of benzene rings is 2. The predicted octanol–water partition coefficient (Wildman–Crippen LogP) is 4.75. The molecule has 1 amide bonds. The maximum atomic E-state index is 13.2. The van der Waals surface area contributed by atoms with Crippen LogP contribution in [0.25, 0.3) is 21.5 Å². The number of nitrogens with one attached hydrogen (secondary N) is 1. The Morgan fingerprint density at radius 1 is 1.17 bits per heavy atom. The fourth-order valence-corrected chi connectivity index (χ4v) is 4.61. The quantitative estimate of drug-likeness (QED) is 0.515. The number of hydrogen-bond donors (Lipinski definition) is 1. The Morgan fingerprint density at radius 3 is 2.83 bits per heavy atom. The molecule has 3 heterocycles. The molecule has 2 aromatic carbocycles. The first-order valence-electron chi connectivity index (χ1n) is 9.51. The van der Waals surface area contributed by atoms with Crippen molar-refractivity contribution in [2.75, 3.05) is 13.1 Å². The van der Waals surface area contributed by atoms with Gasteiger partial charge in [-0.2, -0.15) is 0 Å². The number of fused-ring (bicyclic) bond motifs is 1. The van der Waals surface area contributed by atoms with Gasteiger partial charge in [0.15, 0.2) is 5.69 Å². The highest BCUT2D eigenvalue weighted by Gasteiger charge is 2.30. The smallest absolute Gasteiger partial charge is 0.275 e. The van der Waals surface area contributed by atoms with Gasteiger partial charge in [0.1, 0.15) is 5.82 Å². The molecule has 5 rings (SSSR count). The summed E-state index contributed by atoms with van der Waals surface area (Å²) in [5, 5.41) is 4.80. The zero-order valence-electron chi connectivity index (χ0n) is 15.5. The van der Waals surface area contributed by atoms with E-state index in [0.717, 1.165) is 40.1 Å². The molecule has 6 nitrogen and oxygen atoms in total. The Labute approximate surface area is 176 Å². The van der Waals surface area contributed by atoms with Crippen molar-refractivity contribution in [3.05, 3.63) is 65.1 Å². The van der Waals surface area contributed by atoms with Gasteiger partial charge in [0.05, 0.1) is 15.9 Å². The molecular formula is C21H18ClN5OS. The summed E-state index contributed by atoms with van der Waals surface area (Å²) >= 11 is 7.22. The van der Waals surface area contributed by atoms with Gasteiger partial charge in [0.25, 0.3) is 5.91 Å². The van der Waals surface area contributed by atoms with Crippen LogP contribution in [0.3, 0.4) is 0 Å². The molecule has 1 fully saturated rings. The van der Waals surface area contributed by atoms with Gasteiger partial charge in [-0.3, -0.25) is 4.79 Å². The average molecular weight is 424 g/mol. The van der Waals surface area contributed by atoms with E-state index in [1.165, 1.54) is 11.5 Å². The molecule has 1 aliphatic rings. The normalized spacial score (nSPS) is 17.0. The minimum Gasteiger partial charge on any atom is -0.342 e. The number of aromatic nitrogens is 4. The molecule has 4 aromatic rings. The molecule has 1 N–H and O–H groups in total. The monoisotopic (exact) mass is 423 g/mol. The van der Waals surface area contributed by atoms with Gasteiger partial charge in [-0.25, -0.2) is 4.98 Å². The number of halogens is 1. The molecule has 0 spiro atoms. The fraction of sp³-hybridized carbons (Fsp3) is 0.238. The zero-order chi connectivity index (χ0) is 19.8. The molecule has 1 saturated heterocycles. The number of carbonyl (C=O) groups is 1. The van der Waals surface area contributed by atoms with Crippen LogP contribution in [0.15, 0.2) is 48.5 Å². The van der Waals surface area contributed by atoms with E-state index < -0.39 is 0 Å². The number of para-hydroxylation sites is 2. The van der Waals surface area contributed by atoms with Crippen molar-refractivity contribution >= 4 is 40.1 Å². The molecule has 0 bridgehead atoms. The molecule has 29 heavy (non-hydrogen) atoms. The van der Waals surface area contributed by atoms with Crippen LogP contribution in [0.4, 0.5) is 0 Å². The molecule has 0 aliphatic carbocycles. The van der Waals surface area contributed by atoms with Crippen LogP contribution in [0.1, 0.15) is 35.1 Å². The summed E-state index contributed by atoms with van der Waals surface area (Å²) in [5.74, 6) is 1.05.